The summed E-state index contributed by atoms with van der Waals surface area (Å²) >= 11 is 0. The normalized spacial score (nSPS) is 17.2. The van der Waals surface area contributed by atoms with Crippen LogP contribution in [0.25, 0.3) is 0 Å². The van der Waals surface area contributed by atoms with Crippen LogP contribution in [0.5, 0.6) is 0 Å². The van der Waals surface area contributed by atoms with Crippen molar-refractivity contribution in [3.05, 3.63) is 34.6 Å². The maximum absolute atomic E-state index is 13.4. The number of nitrogens with zero attached hydrogens (tertiary/aromatic N) is 1. The van der Waals surface area contributed by atoms with E-state index in [1.165, 1.54) is 11.1 Å². The second-order valence-electron chi connectivity index (χ2n) is 3.81. The van der Waals surface area contributed by atoms with Gasteiger partial charge in [-0.05, 0) is 37.6 Å². The van der Waals surface area contributed by atoms with Crippen LogP contribution in [0, 0.1) is 12.7 Å². The first-order valence-corrected chi connectivity index (χ1v) is 4.64. The molecule has 0 saturated heterocycles. The fourth-order valence-electron chi connectivity index (χ4n) is 1.95. The molecule has 0 aliphatic carbocycles. The zero-order valence-electron chi connectivity index (χ0n) is 8.10. The van der Waals surface area contributed by atoms with Crippen molar-refractivity contribution in [1.29, 1.82) is 0 Å². The molecule has 0 amide bonds. The first-order chi connectivity index (χ1) is 6.18. The third kappa shape index (κ3) is 1.46. The standard InChI is InChI=1S/C11H14FN/c1-8-3-4-11(12)10-7-13(2)6-5-9(8)10/h3-4H,5-7H2,1-2H3. The first kappa shape index (κ1) is 8.70. The highest BCUT2D eigenvalue weighted by Gasteiger charge is 2.17. The lowest BCUT2D eigenvalue weighted by Gasteiger charge is -2.26. The average molecular weight is 179 g/mol. The Morgan fingerprint density at radius 3 is 2.85 bits per heavy atom. The van der Waals surface area contributed by atoms with Gasteiger partial charge in [0.15, 0.2) is 0 Å². The highest BCUT2D eigenvalue weighted by Crippen LogP contribution is 2.23. The first-order valence-electron chi connectivity index (χ1n) is 4.64. The molecule has 0 N–H and O–H groups in total. The smallest absolute Gasteiger partial charge is 0.127 e. The van der Waals surface area contributed by atoms with E-state index in [9.17, 15) is 4.39 Å². The Hall–Kier alpha value is -0.890. The highest BCUT2D eigenvalue weighted by molar-refractivity contribution is 5.37. The van der Waals surface area contributed by atoms with Crippen molar-refractivity contribution >= 4 is 0 Å². The summed E-state index contributed by atoms with van der Waals surface area (Å²) in [6.07, 6.45) is 0.982. The van der Waals surface area contributed by atoms with E-state index >= 15 is 0 Å². The molecule has 1 aromatic rings. The lowest BCUT2D eigenvalue weighted by Crippen LogP contribution is -2.27. The summed E-state index contributed by atoms with van der Waals surface area (Å²) in [5.41, 5.74) is 3.34. The molecule has 1 aliphatic heterocycles. The van der Waals surface area contributed by atoms with Crippen molar-refractivity contribution < 1.29 is 4.39 Å². The molecule has 0 saturated carbocycles. The Kier molecular flexibility index (Phi) is 2.08. The molecule has 1 aromatic carbocycles. The molecule has 1 nitrogen and oxygen atoms in total. The van der Waals surface area contributed by atoms with Gasteiger partial charge < -0.3 is 4.90 Å². The van der Waals surface area contributed by atoms with Gasteiger partial charge in [-0.25, -0.2) is 4.39 Å². The SMILES string of the molecule is Cc1ccc(F)c2c1CCN(C)C2. The summed E-state index contributed by atoms with van der Waals surface area (Å²) in [7, 11) is 2.03. The second kappa shape index (κ2) is 3.11. The maximum atomic E-state index is 13.4. The van der Waals surface area contributed by atoms with Crippen LogP contribution < -0.4 is 0 Å². The summed E-state index contributed by atoms with van der Waals surface area (Å²) in [4.78, 5) is 2.16. The molecule has 1 aliphatic rings. The number of likely N-dealkylation sites (N-methyl/N-ethyl adjacent to an activating group) is 1. The second-order valence-corrected chi connectivity index (χ2v) is 3.81. The summed E-state index contributed by atoms with van der Waals surface area (Å²) in [5, 5.41) is 0. The summed E-state index contributed by atoms with van der Waals surface area (Å²) in [6.45, 7) is 3.85. The summed E-state index contributed by atoms with van der Waals surface area (Å²) < 4.78 is 13.4. The molecule has 0 bridgehead atoms. The molecule has 0 aromatic heterocycles. The van der Waals surface area contributed by atoms with E-state index in [1.54, 1.807) is 6.07 Å². The molecule has 70 valence electrons. The van der Waals surface area contributed by atoms with Crippen LogP contribution in [0.3, 0.4) is 0 Å². The molecule has 2 rings (SSSR count). The summed E-state index contributed by atoms with van der Waals surface area (Å²) in [5.74, 6) is -0.0489. The van der Waals surface area contributed by atoms with E-state index in [2.05, 4.69) is 11.8 Å². The van der Waals surface area contributed by atoms with Gasteiger partial charge in [0, 0.05) is 18.7 Å². The molecule has 0 atom stereocenters. The van der Waals surface area contributed by atoms with E-state index in [1.807, 2.05) is 13.1 Å². The van der Waals surface area contributed by atoms with Crippen molar-refractivity contribution in [2.45, 2.75) is 19.9 Å². The number of halogens is 1. The van der Waals surface area contributed by atoms with Gasteiger partial charge in [0.1, 0.15) is 5.82 Å². The van der Waals surface area contributed by atoms with Crippen molar-refractivity contribution in [2.75, 3.05) is 13.6 Å². The van der Waals surface area contributed by atoms with Crippen LogP contribution in [0.1, 0.15) is 16.7 Å². The van der Waals surface area contributed by atoms with Crippen molar-refractivity contribution in [1.82, 2.24) is 4.90 Å². The van der Waals surface area contributed by atoms with Gasteiger partial charge in [0.25, 0.3) is 0 Å². The molecule has 1 heterocycles. The number of fused-ring (bicyclic) bond motifs is 1. The van der Waals surface area contributed by atoms with Crippen LogP contribution >= 0.6 is 0 Å². The largest absolute Gasteiger partial charge is 0.302 e. The predicted molar refractivity (Wildman–Crippen MR) is 51.2 cm³/mol. The zero-order chi connectivity index (χ0) is 9.42. The third-order valence-electron chi connectivity index (χ3n) is 2.78. The predicted octanol–water partition coefficient (Wildman–Crippen LogP) is 2.12. The monoisotopic (exact) mass is 179 g/mol. The van der Waals surface area contributed by atoms with Gasteiger partial charge in [0.05, 0.1) is 0 Å². The topological polar surface area (TPSA) is 3.24 Å². The zero-order valence-corrected chi connectivity index (χ0v) is 8.10. The van der Waals surface area contributed by atoms with Gasteiger partial charge in [-0.3, -0.25) is 0 Å². The molecular weight excluding hydrogens is 165 g/mol. The number of aryl methyl sites for hydroxylation is 1. The molecular formula is C11H14FN. The van der Waals surface area contributed by atoms with E-state index in [4.69, 9.17) is 0 Å². The molecule has 0 unspecified atom stereocenters. The van der Waals surface area contributed by atoms with E-state index in [-0.39, 0.29) is 5.82 Å². The number of rotatable bonds is 0. The Bertz CT molecular complexity index is 333. The van der Waals surface area contributed by atoms with Gasteiger partial charge in [-0.15, -0.1) is 0 Å². The van der Waals surface area contributed by atoms with Gasteiger partial charge in [-0.1, -0.05) is 6.07 Å². The Labute approximate surface area is 78.2 Å². The Morgan fingerprint density at radius 1 is 1.31 bits per heavy atom. The van der Waals surface area contributed by atoms with E-state index in [0.29, 0.717) is 0 Å². The van der Waals surface area contributed by atoms with Crippen LogP contribution in [0.2, 0.25) is 0 Å². The Balaban J connectivity index is 2.51. The molecule has 13 heavy (non-hydrogen) atoms. The number of hydrogen-bond donors (Lipinski definition) is 0. The van der Waals surface area contributed by atoms with Crippen LogP contribution in [-0.4, -0.2) is 18.5 Å². The van der Waals surface area contributed by atoms with Crippen molar-refractivity contribution in [2.24, 2.45) is 0 Å². The lowest BCUT2D eigenvalue weighted by molar-refractivity contribution is 0.305. The third-order valence-corrected chi connectivity index (χ3v) is 2.78. The average Bonchev–Trinajstić information content (AvgIpc) is 2.12. The molecule has 2 heteroatoms. The molecule has 0 spiro atoms. The quantitative estimate of drug-likeness (QED) is 0.589. The van der Waals surface area contributed by atoms with E-state index in [0.717, 1.165) is 25.1 Å². The van der Waals surface area contributed by atoms with E-state index < -0.39 is 0 Å². The lowest BCUT2D eigenvalue weighted by atomic mass is 9.95. The maximum Gasteiger partial charge on any atom is 0.127 e. The van der Waals surface area contributed by atoms with Crippen LogP contribution in [-0.2, 0) is 13.0 Å². The fraction of sp³-hybridized carbons (Fsp3) is 0.455. The van der Waals surface area contributed by atoms with Gasteiger partial charge >= 0.3 is 0 Å². The van der Waals surface area contributed by atoms with Gasteiger partial charge in [0.2, 0.25) is 0 Å². The minimum atomic E-state index is -0.0489. The fourth-order valence-corrected chi connectivity index (χ4v) is 1.95. The highest BCUT2D eigenvalue weighted by atomic mass is 19.1. The summed E-state index contributed by atoms with van der Waals surface area (Å²) in [6, 6.07) is 3.45. The number of hydrogen-bond acceptors (Lipinski definition) is 1. The van der Waals surface area contributed by atoms with Crippen molar-refractivity contribution in [3.63, 3.8) is 0 Å². The van der Waals surface area contributed by atoms with Crippen LogP contribution in [0.4, 0.5) is 4.39 Å². The molecule has 0 radical (unpaired) electrons. The Morgan fingerprint density at radius 2 is 2.08 bits per heavy atom. The van der Waals surface area contributed by atoms with Crippen LogP contribution in [0.15, 0.2) is 12.1 Å². The minimum absolute atomic E-state index is 0.0489. The minimum Gasteiger partial charge on any atom is -0.302 e. The number of benzene rings is 1. The van der Waals surface area contributed by atoms with Crippen molar-refractivity contribution in [3.8, 4) is 0 Å². The van der Waals surface area contributed by atoms with Gasteiger partial charge in [-0.2, -0.15) is 0 Å². The molecule has 0 fully saturated rings.